The molecule has 2 saturated heterocycles. The maximum Gasteiger partial charge on any atom is 0.227 e. The maximum absolute atomic E-state index is 12.3. The number of aryl methyl sites for hydroxylation is 1. The lowest BCUT2D eigenvalue weighted by molar-refractivity contribution is -0.132. The Morgan fingerprint density at radius 1 is 1.14 bits per heavy atom. The number of carbonyl (C=O) groups is 1. The summed E-state index contributed by atoms with van der Waals surface area (Å²) in [5.41, 5.74) is 0. The Labute approximate surface area is 167 Å². The third-order valence-electron chi connectivity index (χ3n) is 5.65. The number of hydrogen-bond donors (Lipinski definition) is 0. The molecule has 0 N–H and O–H groups in total. The van der Waals surface area contributed by atoms with Gasteiger partial charge in [-0.25, -0.2) is 8.42 Å². The zero-order valence-electron chi connectivity index (χ0n) is 16.8. The third-order valence-corrected chi connectivity index (χ3v) is 7.54. The average Bonchev–Trinajstić information content (AvgIpc) is 3.14. The van der Waals surface area contributed by atoms with Gasteiger partial charge in [-0.3, -0.25) is 9.69 Å². The lowest BCUT2D eigenvalue weighted by atomic mass is 9.99. The zero-order chi connectivity index (χ0) is 20.1. The molecular weight excluding hydrogens is 382 g/mol. The van der Waals surface area contributed by atoms with Crippen LogP contribution < -0.4 is 0 Å². The molecule has 28 heavy (non-hydrogen) atoms. The summed E-state index contributed by atoms with van der Waals surface area (Å²) in [4.78, 5) is 20.8. The van der Waals surface area contributed by atoms with Gasteiger partial charge in [0.25, 0.3) is 0 Å². The molecule has 3 heterocycles. The van der Waals surface area contributed by atoms with Crippen molar-refractivity contribution in [1.82, 2.24) is 24.2 Å². The van der Waals surface area contributed by atoms with Gasteiger partial charge in [-0.15, -0.1) is 0 Å². The van der Waals surface area contributed by atoms with Crippen molar-refractivity contribution in [2.24, 2.45) is 5.92 Å². The molecule has 158 valence electrons. The van der Waals surface area contributed by atoms with E-state index in [-0.39, 0.29) is 11.7 Å². The Bertz CT molecular complexity index is 750. The van der Waals surface area contributed by atoms with Crippen LogP contribution in [0.4, 0.5) is 0 Å². The predicted octanol–water partition coefficient (Wildman–Crippen LogP) is 0.728. The van der Waals surface area contributed by atoms with Crippen molar-refractivity contribution in [3.63, 3.8) is 0 Å². The minimum absolute atomic E-state index is 0.135. The molecule has 2 aliphatic rings. The van der Waals surface area contributed by atoms with Crippen LogP contribution in [0.5, 0.6) is 0 Å². The quantitative estimate of drug-likeness (QED) is 0.649. The normalized spacial score (nSPS) is 20.6. The van der Waals surface area contributed by atoms with Crippen LogP contribution in [0, 0.1) is 5.92 Å². The first kappa shape index (κ1) is 21.2. The van der Waals surface area contributed by atoms with E-state index in [0.717, 1.165) is 25.9 Å². The second kappa shape index (κ2) is 9.32. The highest BCUT2D eigenvalue weighted by Gasteiger charge is 2.26. The summed E-state index contributed by atoms with van der Waals surface area (Å²) < 4.78 is 30.7. The molecule has 0 radical (unpaired) electrons. The largest absolute Gasteiger partial charge is 0.343 e. The molecular formula is C18H31N5O4S. The van der Waals surface area contributed by atoms with Crippen molar-refractivity contribution in [2.75, 3.05) is 45.0 Å². The van der Waals surface area contributed by atoms with E-state index in [1.165, 1.54) is 4.31 Å². The summed E-state index contributed by atoms with van der Waals surface area (Å²) in [6.07, 6.45) is 3.00. The second-order valence-corrected chi connectivity index (χ2v) is 10.0. The number of likely N-dealkylation sites (tertiary alicyclic amines) is 1. The van der Waals surface area contributed by atoms with Gasteiger partial charge in [-0.05, 0) is 25.7 Å². The van der Waals surface area contributed by atoms with Gasteiger partial charge in [-0.1, -0.05) is 12.1 Å². The van der Waals surface area contributed by atoms with Crippen LogP contribution in [0.1, 0.15) is 44.8 Å². The Morgan fingerprint density at radius 2 is 1.82 bits per heavy atom. The molecule has 1 aromatic rings. The van der Waals surface area contributed by atoms with E-state index in [4.69, 9.17) is 4.52 Å². The van der Waals surface area contributed by atoms with E-state index in [2.05, 4.69) is 22.0 Å². The van der Waals surface area contributed by atoms with Gasteiger partial charge in [0, 0.05) is 52.1 Å². The van der Waals surface area contributed by atoms with Crippen LogP contribution in [-0.4, -0.2) is 83.6 Å². The first-order valence-electron chi connectivity index (χ1n) is 10.2. The predicted molar refractivity (Wildman–Crippen MR) is 104 cm³/mol. The summed E-state index contributed by atoms with van der Waals surface area (Å²) in [5, 5.41) is 4.01. The number of piperazine rings is 1. The minimum atomic E-state index is -3.12. The van der Waals surface area contributed by atoms with Crippen molar-refractivity contribution in [3.8, 4) is 0 Å². The van der Waals surface area contributed by atoms with Crippen LogP contribution in [0.15, 0.2) is 4.52 Å². The van der Waals surface area contributed by atoms with Crippen molar-refractivity contribution in [2.45, 2.75) is 46.1 Å². The van der Waals surface area contributed by atoms with E-state index in [1.54, 1.807) is 6.92 Å². The highest BCUT2D eigenvalue weighted by molar-refractivity contribution is 7.89. The van der Waals surface area contributed by atoms with Gasteiger partial charge in [0.1, 0.15) is 0 Å². The van der Waals surface area contributed by atoms with Crippen molar-refractivity contribution < 1.29 is 17.7 Å². The van der Waals surface area contributed by atoms with Gasteiger partial charge >= 0.3 is 0 Å². The highest BCUT2D eigenvalue weighted by atomic mass is 32.2. The first-order valence-corrected chi connectivity index (χ1v) is 11.8. The molecule has 9 nitrogen and oxygen atoms in total. The van der Waals surface area contributed by atoms with Crippen LogP contribution in [0.25, 0.3) is 0 Å². The van der Waals surface area contributed by atoms with Gasteiger partial charge in [0.15, 0.2) is 5.82 Å². The molecule has 0 spiro atoms. The van der Waals surface area contributed by atoms with Crippen LogP contribution >= 0.6 is 0 Å². The van der Waals surface area contributed by atoms with E-state index in [0.29, 0.717) is 63.2 Å². The molecule has 2 fully saturated rings. The maximum atomic E-state index is 12.3. The fourth-order valence-electron chi connectivity index (χ4n) is 3.63. The molecule has 0 atom stereocenters. The number of aromatic nitrogens is 2. The van der Waals surface area contributed by atoms with E-state index in [9.17, 15) is 13.2 Å². The van der Waals surface area contributed by atoms with Crippen LogP contribution in [0.3, 0.4) is 0 Å². The molecule has 0 aliphatic carbocycles. The van der Waals surface area contributed by atoms with Crippen molar-refractivity contribution in [1.29, 1.82) is 0 Å². The SMILES string of the molecule is CCS(=O)(=O)N1CCN(Cc2noc(CCC(=O)N3CCC(C)CC3)n2)CC1. The number of carbonyl (C=O) groups excluding carboxylic acids is 1. The number of rotatable bonds is 7. The van der Waals surface area contributed by atoms with Crippen molar-refractivity contribution in [3.05, 3.63) is 11.7 Å². The molecule has 0 saturated carbocycles. The lowest BCUT2D eigenvalue weighted by Crippen LogP contribution is -2.48. The highest BCUT2D eigenvalue weighted by Crippen LogP contribution is 2.17. The summed E-state index contributed by atoms with van der Waals surface area (Å²) in [6, 6.07) is 0. The van der Waals surface area contributed by atoms with Gasteiger partial charge < -0.3 is 9.42 Å². The molecule has 2 aliphatic heterocycles. The van der Waals surface area contributed by atoms with Gasteiger partial charge in [0.2, 0.25) is 21.8 Å². The molecule has 0 bridgehead atoms. The van der Waals surface area contributed by atoms with E-state index in [1.807, 2.05) is 4.90 Å². The van der Waals surface area contributed by atoms with Crippen LogP contribution in [-0.2, 0) is 27.8 Å². The zero-order valence-corrected chi connectivity index (χ0v) is 17.7. The molecule has 0 aromatic carbocycles. The molecule has 1 aromatic heterocycles. The van der Waals surface area contributed by atoms with Gasteiger partial charge in [0.05, 0.1) is 12.3 Å². The van der Waals surface area contributed by atoms with Crippen molar-refractivity contribution >= 4 is 15.9 Å². The summed E-state index contributed by atoms with van der Waals surface area (Å²) >= 11 is 0. The number of piperidine rings is 1. The monoisotopic (exact) mass is 413 g/mol. The minimum Gasteiger partial charge on any atom is -0.343 e. The van der Waals surface area contributed by atoms with Gasteiger partial charge in [-0.2, -0.15) is 9.29 Å². The summed E-state index contributed by atoms with van der Waals surface area (Å²) in [6.45, 7) is 8.38. The average molecular weight is 414 g/mol. The number of sulfonamides is 1. The Hall–Kier alpha value is -1.52. The van der Waals surface area contributed by atoms with E-state index < -0.39 is 10.0 Å². The standard InChI is InChI=1S/C18H31N5O4S/c1-3-28(25,26)23-12-10-21(11-13-23)14-16-19-17(27-20-16)4-5-18(24)22-8-6-15(2)7-9-22/h15H,3-14H2,1-2H3. The third kappa shape index (κ3) is 5.51. The fraction of sp³-hybridized carbons (Fsp3) is 0.833. The smallest absolute Gasteiger partial charge is 0.227 e. The number of hydrogen-bond acceptors (Lipinski definition) is 7. The first-order chi connectivity index (χ1) is 13.4. The molecule has 0 unspecified atom stereocenters. The van der Waals surface area contributed by atoms with Crippen LogP contribution in [0.2, 0.25) is 0 Å². The topological polar surface area (TPSA) is 99.8 Å². The number of amides is 1. The summed E-state index contributed by atoms with van der Waals surface area (Å²) in [7, 11) is -3.12. The second-order valence-electron chi connectivity index (χ2n) is 7.74. The molecule has 10 heteroatoms. The molecule has 1 amide bonds. The molecule has 3 rings (SSSR count). The Kier molecular flexibility index (Phi) is 7.05. The Morgan fingerprint density at radius 3 is 2.46 bits per heavy atom. The lowest BCUT2D eigenvalue weighted by Gasteiger charge is -2.32. The Balaban J connectivity index is 1.42. The fourth-order valence-corrected chi connectivity index (χ4v) is 4.72. The number of nitrogens with zero attached hydrogens (tertiary/aromatic N) is 5. The van der Waals surface area contributed by atoms with E-state index >= 15 is 0 Å². The summed E-state index contributed by atoms with van der Waals surface area (Å²) in [5.74, 6) is 2.06.